The smallest absolute Gasteiger partial charge is 0.481 e. The maximum Gasteiger partial charge on any atom is 0.508 e. The summed E-state index contributed by atoms with van der Waals surface area (Å²) in [4.78, 5) is 22.5. The van der Waals surface area contributed by atoms with Crippen LogP contribution in [0.3, 0.4) is 0 Å². The first kappa shape index (κ1) is 21.7. The average Bonchev–Trinajstić information content (AvgIpc) is 2.39. The minimum absolute atomic E-state index is 0.206. The molecule has 0 rings (SSSR count). The second-order valence-electron chi connectivity index (χ2n) is 7.03. The molecule has 1 atom stereocenters. The molecule has 0 aliphatic heterocycles. The van der Waals surface area contributed by atoms with Gasteiger partial charge in [-0.2, -0.15) is 0 Å². The highest BCUT2D eigenvalue weighted by molar-refractivity contribution is 5.68. The lowest BCUT2D eigenvalue weighted by molar-refractivity contribution is -0.873. The molecule has 1 N–H and O–H groups in total. The van der Waals surface area contributed by atoms with Gasteiger partial charge in [0.1, 0.15) is 6.54 Å². The predicted octanol–water partition coefficient (Wildman–Crippen LogP) is 3.44. The van der Waals surface area contributed by atoms with Crippen LogP contribution in [0.15, 0.2) is 0 Å². The first-order valence-electron chi connectivity index (χ1n) is 8.60. The molecular weight excluding hydrogens is 298 g/mol. The molecule has 1 unspecified atom stereocenters. The van der Waals surface area contributed by atoms with Gasteiger partial charge in [-0.3, -0.25) is 4.79 Å². The molecule has 0 heterocycles. The summed E-state index contributed by atoms with van der Waals surface area (Å²) < 4.78 is 10.7. The summed E-state index contributed by atoms with van der Waals surface area (Å²) in [6.45, 7) is 2.95. The number of carbonyl (C=O) groups is 2. The van der Waals surface area contributed by atoms with E-state index < -0.39 is 18.2 Å². The van der Waals surface area contributed by atoms with Crippen molar-refractivity contribution in [3.05, 3.63) is 0 Å². The summed E-state index contributed by atoms with van der Waals surface area (Å²) in [6.07, 6.45) is 6.37. The van der Waals surface area contributed by atoms with Crippen LogP contribution in [-0.2, 0) is 14.3 Å². The van der Waals surface area contributed by atoms with Crippen LogP contribution in [0.2, 0.25) is 0 Å². The number of rotatable bonds is 13. The van der Waals surface area contributed by atoms with Gasteiger partial charge in [-0.15, -0.1) is 0 Å². The van der Waals surface area contributed by atoms with Crippen LogP contribution >= 0.6 is 0 Å². The molecular formula is C17H34NO5+. The number of carboxylic acids is 1. The number of aliphatic carboxylic acids is 1. The van der Waals surface area contributed by atoms with Crippen LogP contribution in [0.5, 0.6) is 0 Å². The van der Waals surface area contributed by atoms with E-state index in [4.69, 9.17) is 14.6 Å². The van der Waals surface area contributed by atoms with Crippen molar-refractivity contribution >= 4 is 12.1 Å². The monoisotopic (exact) mass is 332 g/mol. The molecule has 23 heavy (non-hydrogen) atoms. The Morgan fingerprint density at radius 3 is 2.09 bits per heavy atom. The maximum atomic E-state index is 11.7. The fourth-order valence-corrected chi connectivity index (χ4v) is 2.33. The number of carboxylic acid groups (broad SMARTS) is 1. The van der Waals surface area contributed by atoms with Gasteiger partial charge in [0.15, 0.2) is 6.10 Å². The van der Waals surface area contributed by atoms with Gasteiger partial charge in [-0.25, -0.2) is 4.79 Å². The molecule has 136 valence electrons. The normalized spacial score (nSPS) is 12.7. The van der Waals surface area contributed by atoms with Gasteiger partial charge in [-0.05, 0) is 6.42 Å². The highest BCUT2D eigenvalue weighted by Gasteiger charge is 2.25. The third-order valence-electron chi connectivity index (χ3n) is 3.38. The van der Waals surface area contributed by atoms with Gasteiger partial charge in [-0.1, -0.05) is 45.4 Å². The van der Waals surface area contributed by atoms with Crippen molar-refractivity contribution in [1.82, 2.24) is 0 Å². The van der Waals surface area contributed by atoms with Crippen molar-refractivity contribution in [3.8, 4) is 0 Å². The zero-order chi connectivity index (χ0) is 17.7. The van der Waals surface area contributed by atoms with E-state index in [2.05, 4.69) is 6.92 Å². The zero-order valence-electron chi connectivity index (χ0n) is 15.2. The summed E-state index contributed by atoms with van der Waals surface area (Å²) in [5.41, 5.74) is 0. The van der Waals surface area contributed by atoms with E-state index in [0.29, 0.717) is 17.6 Å². The minimum atomic E-state index is -0.983. The van der Waals surface area contributed by atoms with Crippen molar-refractivity contribution in [2.75, 3.05) is 34.3 Å². The van der Waals surface area contributed by atoms with Crippen LogP contribution in [0.1, 0.15) is 58.3 Å². The number of hydrogen-bond acceptors (Lipinski definition) is 4. The maximum absolute atomic E-state index is 11.7. The summed E-state index contributed by atoms with van der Waals surface area (Å²) in [5.74, 6) is -0.983. The van der Waals surface area contributed by atoms with E-state index in [1.165, 1.54) is 25.7 Å². The third-order valence-corrected chi connectivity index (χ3v) is 3.38. The summed E-state index contributed by atoms with van der Waals surface area (Å²) in [6, 6.07) is 0. The molecule has 0 spiro atoms. The number of likely N-dealkylation sites (N-methyl/N-ethyl adjacent to an activating group) is 1. The standard InChI is InChI=1S/C17H33NO5/c1-5-6-7-8-9-10-11-12-22-17(21)23-15(13-16(19)20)14-18(2,3)4/h15H,5-14H2,1-4H3/p+1. The van der Waals surface area contributed by atoms with E-state index in [0.717, 1.165) is 19.3 Å². The number of quaternary nitrogens is 1. The molecule has 6 heteroatoms. The van der Waals surface area contributed by atoms with E-state index in [-0.39, 0.29) is 6.42 Å². The van der Waals surface area contributed by atoms with Crippen LogP contribution in [0, 0.1) is 0 Å². The molecule has 0 saturated heterocycles. The van der Waals surface area contributed by atoms with Gasteiger partial charge in [0.2, 0.25) is 0 Å². The summed E-state index contributed by atoms with van der Waals surface area (Å²) in [5, 5.41) is 8.89. The number of unbranched alkanes of at least 4 members (excludes halogenated alkanes) is 6. The van der Waals surface area contributed by atoms with Crippen LogP contribution in [-0.4, -0.2) is 62.1 Å². The third kappa shape index (κ3) is 15.4. The van der Waals surface area contributed by atoms with Gasteiger partial charge in [0.05, 0.1) is 34.2 Å². The Kier molecular flexibility index (Phi) is 11.5. The average molecular weight is 332 g/mol. The summed E-state index contributed by atoms with van der Waals surface area (Å²) in [7, 11) is 5.76. The number of carbonyl (C=O) groups excluding carboxylic acids is 1. The van der Waals surface area contributed by atoms with Crippen molar-refractivity contribution in [1.29, 1.82) is 0 Å². The largest absolute Gasteiger partial charge is 0.508 e. The predicted molar refractivity (Wildman–Crippen MR) is 89.4 cm³/mol. The molecule has 0 aromatic carbocycles. The molecule has 0 radical (unpaired) electrons. The lowest BCUT2D eigenvalue weighted by Crippen LogP contribution is -2.43. The summed E-state index contributed by atoms with van der Waals surface area (Å²) >= 11 is 0. The van der Waals surface area contributed by atoms with E-state index in [9.17, 15) is 9.59 Å². The molecule has 0 aromatic rings. The Morgan fingerprint density at radius 2 is 1.57 bits per heavy atom. The first-order chi connectivity index (χ1) is 10.7. The number of nitrogens with zero attached hydrogens (tertiary/aromatic N) is 1. The van der Waals surface area contributed by atoms with Crippen LogP contribution < -0.4 is 0 Å². The fraction of sp³-hybridized carbons (Fsp3) is 0.882. The van der Waals surface area contributed by atoms with Gasteiger partial charge >= 0.3 is 12.1 Å². The quantitative estimate of drug-likeness (QED) is 0.318. The minimum Gasteiger partial charge on any atom is -0.481 e. The van der Waals surface area contributed by atoms with Crippen LogP contribution in [0.4, 0.5) is 4.79 Å². The fourth-order valence-electron chi connectivity index (χ4n) is 2.33. The zero-order valence-corrected chi connectivity index (χ0v) is 15.2. The molecule has 0 aromatic heterocycles. The van der Waals surface area contributed by atoms with Crippen LogP contribution in [0.25, 0.3) is 0 Å². The van der Waals surface area contributed by atoms with E-state index in [1.807, 2.05) is 21.1 Å². The Balaban J connectivity index is 3.88. The van der Waals surface area contributed by atoms with Gasteiger partial charge < -0.3 is 19.1 Å². The molecule has 0 amide bonds. The Labute approximate surface area is 140 Å². The molecule has 0 saturated carbocycles. The van der Waals surface area contributed by atoms with Crippen molar-refractivity contribution in [2.24, 2.45) is 0 Å². The van der Waals surface area contributed by atoms with Gasteiger partial charge in [0, 0.05) is 0 Å². The van der Waals surface area contributed by atoms with Gasteiger partial charge in [0.25, 0.3) is 0 Å². The Hall–Kier alpha value is -1.30. The molecule has 0 bridgehead atoms. The number of hydrogen-bond donors (Lipinski definition) is 1. The highest BCUT2D eigenvalue weighted by atomic mass is 16.7. The number of ether oxygens (including phenoxy) is 2. The van der Waals surface area contributed by atoms with Crippen molar-refractivity contribution in [2.45, 2.75) is 64.4 Å². The lowest BCUT2D eigenvalue weighted by Gasteiger charge is -2.28. The lowest BCUT2D eigenvalue weighted by atomic mass is 10.1. The second-order valence-corrected chi connectivity index (χ2v) is 7.03. The van der Waals surface area contributed by atoms with E-state index >= 15 is 0 Å². The van der Waals surface area contributed by atoms with Crippen molar-refractivity contribution < 1.29 is 28.7 Å². The Morgan fingerprint density at radius 1 is 1.00 bits per heavy atom. The topological polar surface area (TPSA) is 72.8 Å². The van der Waals surface area contributed by atoms with E-state index in [1.54, 1.807) is 0 Å². The first-order valence-corrected chi connectivity index (χ1v) is 8.60. The molecule has 0 aliphatic carbocycles. The highest BCUT2D eigenvalue weighted by Crippen LogP contribution is 2.09. The molecule has 6 nitrogen and oxygen atoms in total. The SMILES string of the molecule is CCCCCCCCCOC(=O)OC(CC(=O)O)C[N+](C)(C)C. The molecule has 0 fully saturated rings. The Bertz CT molecular complexity index is 338. The molecule has 0 aliphatic rings. The second kappa shape index (κ2) is 12.2. The van der Waals surface area contributed by atoms with Crippen molar-refractivity contribution in [3.63, 3.8) is 0 Å².